The lowest BCUT2D eigenvalue weighted by Gasteiger charge is -2.42. The first-order valence-electron chi connectivity index (χ1n) is 9.97. The lowest BCUT2D eigenvalue weighted by atomic mass is 9.82. The molecule has 4 rings (SSSR count). The summed E-state index contributed by atoms with van der Waals surface area (Å²) < 4.78 is 5.84. The average molecular weight is 431 g/mol. The number of halogens is 2. The Balaban J connectivity index is 0.00000140. The van der Waals surface area contributed by atoms with Crippen LogP contribution in [0.2, 0.25) is 0 Å². The molecule has 6 nitrogen and oxygen atoms in total. The summed E-state index contributed by atoms with van der Waals surface area (Å²) in [6, 6.07) is 4.46. The number of aryl methyl sites for hydroxylation is 1. The van der Waals surface area contributed by atoms with E-state index in [0.29, 0.717) is 18.1 Å². The van der Waals surface area contributed by atoms with Crippen molar-refractivity contribution in [3.63, 3.8) is 0 Å². The lowest BCUT2D eigenvalue weighted by molar-refractivity contribution is -0.140. The van der Waals surface area contributed by atoms with E-state index in [4.69, 9.17) is 4.74 Å². The number of carbonyl (C=O) groups excluding carboxylic acids is 1. The van der Waals surface area contributed by atoms with E-state index in [-0.39, 0.29) is 30.7 Å². The topological polar surface area (TPSA) is 57.7 Å². The van der Waals surface area contributed by atoms with Crippen LogP contribution in [0.25, 0.3) is 0 Å². The maximum atomic E-state index is 13.0. The first-order valence-corrected chi connectivity index (χ1v) is 9.97. The molecule has 3 aliphatic rings. The number of carbonyl (C=O) groups is 1. The van der Waals surface area contributed by atoms with Crippen molar-refractivity contribution >= 4 is 30.7 Å². The number of amides is 1. The van der Waals surface area contributed by atoms with Crippen molar-refractivity contribution in [3.8, 4) is 0 Å². The molecule has 0 radical (unpaired) electrons. The van der Waals surface area contributed by atoms with Crippen LogP contribution in [0, 0.1) is 12.8 Å². The maximum Gasteiger partial charge on any atom is 0.225 e. The molecule has 1 amide bonds. The number of piperazine rings is 1. The molecule has 158 valence electrons. The van der Waals surface area contributed by atoms with Gasteiger partial charge in [-0.05, 0) is 37.8 Å². The third-order valence-corrected chi connectivity index (χ3v) is 6.15. The van der Waals surface area contributed by atoms with Gasteiger partial charge in [-0.2, -0.15) is 0 Å². The van der Waals surface area contributed by atoms with E-state index in [1.165, 1.54) is 5.56 Å². The molecule has 0 spiro atoms. The Morgan fingerprint density at radius 2 is 2.04 bits per heavy atom. The Morgan fingerprint density at radius 3 is 2.79 bits per heavy atom. The van der Waals surface area contributed by atoms with Gasteiger partial charge in [0.25, 0.3) is 0 Å². The summed E-state index contributed by atoms with van der Waals surface area (Å²) in [6.07, 6.45) is 5.08. The van der Waals surface area contributed by atoms with Crippen molar-refractivity contribution in [2.75, 3.05) is 39.3 Å². The quantitative estimate of drug-likeness (QED) is 0.794. The van der Waals surface area contributed by atoms with Crippen LogP contribution >= 0.6 is 24.8 Å². The Morgan fingerprint density at radius 1 is 1.25 bits per heavy atom. The fourth-order valence-corrected chi connectivity index (χ4v) is 4.52. The largest absolute Gasteiger partial charge is 0.375 e. The molecule has 1 aromatic rings. The van der Waals surface area contributed by atoms with Gasteiger partial charge in [-0.25, -0.2) is 0 Å². The van der Waals surface area contributed by atoms with Crippen molar-refractivity contribution in [2.24, 2.45) is 5.92 Å². The zero-order valence-corrected chi connectivity index (χ0v) is 18.1. The van der Waals surface area contributed by atoms with Gasteiger partial charge in [-0.15, -0.1) is 24.8 Å². The predicted octanol–water partition coefficient (Wildman–Crippen LogP) is 2.03. The third kappa shape index (κ3) is 5.36. The maximum absolute atomic E-state index is 13.0. The highest BCUT2D eigenvalue weighted by Gasteiger charge is 2.37. The second-order valence-corrected chi connectivity index (χ2v) is 7.85. The molecule has 1 N–H and O–H groups in total. The second kappa shape index (κ2) is 10.7. The van der Waals surface area contributed by atoms with Gasteiger partial charge >= 0.3 is 0 Å². The number of nitrogens with zero attached hydrogens (tertiary/aromatic N) is 3. The van der Waals surface area contributed by atoms with Gasteiger partial charge in [0.05, 0.1) is 18.4 Å². The molecule has 1 saturated carbocycles. The lowest BCUT2D eigenvalue weighted by Crippen LogP contribution is -2.55. The zero-order chi connectivity index (χ0) is 17.9. The van der Waals surface area contributed by atoms with Crippen LogP contribution in [-0.4, -0.2) is 72.2 Å². The summed E-state index contributed by atoms with van der Waals surface area (Å²) in [5.41, 5.74) is 2.39. The van der Waals surface area contributed by atoms with Crippen LogP contribution in [0.4, 0.5) is 0 Å². The van der Waals surface area contributed by atoms with Crippen molar-refractivity contribution in [1.29, 1.82) is 0 Å². The summed E-state index contributed by atoms with van der Waals surface area (Å²) in [6.45, 7) is 8.23. The Kier molecular flexibility index (Phi) is 8.96. The fourth-order valence-electron chi connectivity index (χ4n) is 4.52. The Labute approximate surface area is 180 Å². The standard InChI is InChI=1S/C20H30N4O2.2ClH/c1-15-3-2-6-21-18(15)14-23-8-10-24(11-9-23)20(25)16-4-5-19-17(13-16)22-7-12-26-19;;/h2-3,6,16-17,19,22H,4-5,7-14H2,1H3;2*1H/t16-,17+,19+;;/m0../s1. The zero-order valence-electron chi connectivity index (χ0n) is 16.5. The molecule has 8 heteroatoms. The van der Waals surface area contributed by atoms with Crippen LogP contribution in [0.5, 0.6) is 0 Å². The fraction of sp³-hybridized carbons (Fsp3) is 0.700. The molecule has 3 fully saturated rings. The SMILES string of the molecule is Cc1cccnc1CN1CCN(C(=O)[C@H]2CC[C@H]3OCCN[C@@H]3C2)CC1.Cl.Cl. The summed E-state index contributed by atoms with van der Waals surface area (Å²) in [5, 5.41) is 3.54. The molecule has 2 saturated heterocycles. The van der Waals surface area contributed by atoms with Crippen LogP contribution in [-0.2, 0) is 16.1 Å². The molecule has 0 aromatic carbocycles. The highest BCUT2D eigenvalue weighted by atomic mass is 35.5. The van der Waals surface area contributed by atoms with Crippen LogP contribution in [0.3, 0.4) is 0 Å². The van der Waals surface area contributed by atoms with Crippen LogP contribution < -0.4 is 5.32 Å². The smallest absolute Gasteiger partial charge is 0.225 e. The molecule has 28 heavy (non-hydrogen) atoms. The van der Waals surface area contributed by atoms with E-state index in [2.05, 4.69) is 33.1 Å². The van der Waals surface area contributed by atoms with Gasteiger partial charge in [0.2, 0.25) is 5.91 Å². The van der Waals surface area contributed by atoms with E-state index in [1.54, 1.807) is 0 Å². The minimum atomic E-state index is 0. The number of hydrogen-bond acceptors (Lipinski definition) is 5. The van der Waals surface area contributed by atoms with E-state index in [9.17, 15) is 4.79 Å². The number of pyridine rings is 1. The van der Waals surface area contributed by atoms with Crippen molar-refractivity contribution in [1.82, 2.24) is 20.1 Å². The second-order valence-electron chi connectivity index (χ2n) is 7.85. The normalized spacial score (nSPS) is 27.9. The minimum Gasteiger partial charge on any atom is -0.375 e. The van der Waals surface area contributed by atoms with E-state index in [1.807, 2.05) is 12.3 Å². The van der Waals surface area contributed by atoms with E-state index < -0.39 is 0 Å². The van der Waals surface area contributed by atoms with Crippen LogP contribution in [0.15, 0.2) is 18.3 Å². The first kappa shape index (κ1) is 23.4. The van der Waals surface area contributed by atoms with Crippen molar-refractivity contribution < 1.29 is 9.53 Å². The summed E-state index contributed by atoms with van der Waals surface area (Å²) in [4.78, 5) is 22.0. The van der Waals surface area contributed by atoms with Crippen molar-refractivity contribution in [3.05, 3.63) is 29.6 Å². The summed E-state index contributed by atoms with van der Waals surface area (Å²) >= 11 is 0. The summed E-state index contributed by atoms with van der Waals surface area (Å²) in [5.74, 6) is 0.513. The highest BCUT2D eigenvalue weighted by molar-refractivity contribution is 5.85. The number of ether oxygens (including phenoxy) is 1. The monoisotopic (exact) mass is 430 g/mol. The Hall–Kier alpha value is -0.920. The number of aromatic nitrogens is 1. The van der Waals surface area contributed by atoms with Gasteiger partial charge in [-0.3, -0.25) is 14.7 Å². The molecule has 0 unspecified atom stereocenters. The number of morpholine rings is 1. The summed E-state index contributed by atoms with van der Waals surface area (Å²) in [7, 11) is 0. The first-order chi connectivity index (χ1) is 12.7. The molecule has 3 heterocycles. The Bertz CT molecular complexity index is 640. The molecule has 2 aliphatic heterocycles. The molecule has 1 aromatic heterocycles. The van der Waals surface area contributed by atoms with Crippen LogP contribution in [0.1, 0.15) is 30.5 Å². The molecule has 3 atom stereocenters. The highest BCUT2D eigenvalue weighted by Crippen LogP contribution is 2.30. The van der Waals surface area contributed by atoms with E-state index >= 15 is 0 Å². The van der Waals surface area contributed by atoms with Crippen molar-refractivity contribution in [2.45, 2.75) is 44.9 Å². The van der Waals surface area contributed by atoms with Gasteiger partial charge in [0, 0.05) is 57.4 Å². The molecule has 0 bridgehead atoms. The number of rotatable bonds is 3. The van der Waals surface area contributed by atoms with Gasteiger partial charge in [0.15, 0.2) is 0 Å². The van der Waals surface area contributed by atoms with Gasteiger partial charge < -0.3 is 15.0 Å². The number of fused-ring (bicyclic) bond motifs is 1. The average Bonchev–Trinajstić information content (AvgIpc) is 2.69. The molecule has 1 aliphatic carbocycles. The van der Waals surface area contributed by atoms with Gasteiger partial charge in [0.1, 0.15) is 0 Å². The predicted molar refractivity (Wildman–Crippen MR) is 114 cm³/mol. The molecular formula is C20H32Cl2N4O2. The van der Waals surface area contributed by atoms with E-state index in [0.717, 1.165) is 70.8 Å². The minimum absolute atomic E-state index is 0. The number of hydrogen-bond donors (Lipinski definition) is 1. The van der Waals surface area contributed by atoms with Gasteiger partial charge in [-0.1, -0.05) is 6.07 Å². The number of nitrogens with one attached hydrogen (secondary N) is 1. The third-order valence-electron chi connectivity index (χ3n) is 6.15. The molecular weight excluding hydrogens is 399 g/mol.